The minimum absolute atomic E-state index is 0.0866. The molecule has 0 bridgehead atoms. The molecule has 9 nitrogen and oxygen atoms in total. The fourth-order valence-corrected chi connectivity index (χ4v) is 3.58. The van der Waals surface area contributed by atoms with Crippen molar-refractivity contribution in [3.8, 4) is 0 Å². The van der Waals surface area contributed by atoms with E-state index in [9.17, 15) is 18.0 Å². The first kappa shape index (κ1) is 20.1. The van der Waals surface area contributed by atoms with Gasteiger partial charge in [-0.05, 0) is 26.9 Å². The highest BCUT2D eigenvalue weighted by Crippen LogP contribution is 2.30. The molecular weight excluding hydrogens is 348 g/mol. The highest BCUT2D eigenvalue weighted by Gasteiger charge is 2.41. The van der Waals surface area contributed by atoms with Gasteiger partial charge in [-0.3, -0.25) is 9.59 Å². The van der Waals surface area contributed by atoms with Crippen LogP contribution in [0.1, 0.15) is 12.8 Å². The van der Waals surface area contributed by atoms with Gasteiger partial charge in [0.1, 0.15) is 0 Å². The highest BCUT2D eigenvalue weighted by molar-refractivity contribution is 7.88. The number of morpholine rings is 1. The van der Waals surface area contributed by atoms with E-state index in [2.05, 4.69) is 4.72 Å². The molecule has 0 aromatic carbocycles. The van der Waals surface area contributed by atoms with Crippen LogP contribution in [0, 0.1) is 0 Å². The van der Waals surface area contributed by atoms with Crippen molar-refractivity contribution < 1.29 is 22.7 Å². The van der Waals surface area contributed by atoms with Crippen molar-refractivity contribution in [2.45, 2.75) is 18.4 Å². The molecule has 1 N–H and O–H groups in total. The number of sulfonamides is 1. The number of carbonyl (C=O) groups excluding carboxylic acids is 2. The van der Waals surface area contributed by atoms with Crippen LogP contribution in [0.2, 0.25) is 0 Å². The lowest BCUT2D eigenvalue weighted by molar-refractivity contribution is -0.163. The minimum Gasteiger partial charge on any atom is -0.371 e. The third kappa shape index (κ3) is 5.91. The standard InChI is InChI=1S/C15H28N4O5S/c1-17(2)11-14(21)19-8-9-24-15(12-19)4-6-18(7-5-15)13(20)10-16-25(3,22)23/h16H,4-12H2,1-3H3. The first-order valence-electron chi connectivity index (χ1n) is 8.39. The van der Waals surface area contributed by atoms with Crippen molar-refractivity contribution in [3.63, 3.8) is 0 Å². The van der Waals surface area contributed by atoms with Crippen LogP contribution < -0.4 is 4.72 Å². The molecule has 0 aromatic rings. The van der Waals surface area contributed by atoms with Crippen molar-refractivity contribution >= 4 is 21.8 Å². The van der Waals surface area contributed by atoms with Crippen molar-refractivity contribution in [1.29, 1.82) is 0 Å². The summed E-state index contributed by atoms with van der Waals surface area (Å²) in [5.41, 5.74) is -0.402. The fraction of sp³-hybridized carbons (Fsp3) is 0.867. The number of likely N-dealkylation sites (N-methyl/N-ethyl adjacent to an activating group) is 1. The number of nitrogens with zero attached hydrogens (tertiary/aromatic N) is 3. The number of carbonyl (C=O) groups is 2. The number of piperidine rings is 1. The molecule has 0 atom stereocenters. The van der Waals surface area contributed by atoms with Gasteiger partial charge in [-0.1, -0.05) is 0 Å². The summed E-state index contributed by atoms with van der Waals surface area (Å²) in [6.45, 7) is 2.79. The Labute approximate surface area is 149 Å². The third-order valence-corrected chi connectivity index (χ3v) is 5.23. The van der Waals surface area contributed by atoms with Crippen LogP contribution in [0.25, 0.3) is 0 Å². The molecule has 0 aromatic heterocycles. The number of likely N-dealkylation sites (tertiary alicyclic amines) is 1. The van der Waals surface area contributed by atoms with E-state index in [1.54, 1.807) is 4.90 Å². The maximum Gasteiger partial charge on any atom is 0.237 e. The molecule has 2 fully saturated rings. The van der Waals surface area contributed by atoms with Crippen LogP contribution in [0.3, 0.4) is 0 Å². The van der Waals surface area contributed by atoms with Crippen LogP contribution >= 0.6 is 0 Å². The van der Waals surface area contributed by atoms with Crippen molar-refractivity contribution in [1.82, 2.24) is 19.4 Å². The molecular formula is C15H28N4O5S. The second-order valence-corrected chi connectivity index (χ2v) is 8.89. The Balaban J connectivity index is 1.87. The van der Waals surface area contributed by atoms with E-state index in [1.807, 2.05) is 23.9 Å². The van der Waals surface area contributed by atoms with Gasteiger partial charge in [-0.25, -0.2) is 13.1 Å². The van der Waals surface area contributed by atoms with Crippen LogP contribution in [0.15, 0.2) is 0 Å². The quantitative estimate of drug-likeness (QED) is 0.615. The predicted octanol–water partition coefficient (Wildman–Crippen LogP) is -1.68. The first-order chi connectivity index (χ1) is 11.6. The van der Waals surface area contributed by atoms with Crippen molar-refractivity contribution in [2.75, 3.05) is 66.2 Å². The normalized spacial score (nSPS) is 21.0. The summed E-state index contributed by atoms with van der Waals surface area (Å²) in [5, 5.41) is 0. The second-order valence-electron chi connectivity index (χ2n) is 7.06. The first-order valence-corrected chi connectivity index (χ1v) is 10.3. The van der Waals surface area contributed by atoms with Crippen LogP contribution in [-0.2, 0) is 24.3 Å². The van der Waals surface area contributed by atoms with Gasteiger partial charge in [0.25, 0.3) is 0 Å². The number of hydrogen-bond donors (Lipinski definition) is 1. The average molecular weight is 376 g/mol. The van der Waals surface area contributed by atoms with E-state index in [0.717, 1.165) is 6.26 Å². The van der Waals surface area contributed by atoms with Gasteiger partial charge >= 0.3 is 0 Å². The van der Waals surface area contributed by atoms with E-state index in [-0.39, 0.29) is 18.4 Å². The lowest BCUT2D eigenvalue weighted by Crippen LogP contribution is -2.59. The van der Waals surface area contributed by atoms with Gasteiger partial charge in [0.15, 0.2) is 0 Å². The zero-order valence-electron chi connectivity index (χ0n) is 15.2. The molecule has 2 rings (SSSR count). The fourth-order valence-electron chi connectivity index (χ4n) is 3.20. The molecule has 0 radical (unpaired) electrons. The Morgan fingerprint density at radius 3 is 2.32 bits per heavy atom. The molecule has 10 heteroatoms. The van der Waals surface area contributed by atoms with E-state index in [4.69, 9.17) is 4.74 Å². The molecule has 2 heterocycles. The van der Waals surface area contributed by atoms with Gasteiger partial charge in [-0.15, -0.1) is 0 Å². The van der Waals surface area contributed by atoms with Crippen molar-refractivity contribution in [3.05, 3.63) is 0 Å². The SMILES string of the molecule is CN(C)CC(=O)N1CCOC2(CCN(C(=O)CNS(C)(=O)=O)CC2)C1. The number of rotatable bonds is 5. The van der Waals surface area contributed by atoms with Crippen LogP contribution in [0.5, 0.6) is 0 Å². The van der Waals surface area contributed by atoms with Crippen LogP contribution in [0.4, 0.5) is 0 Å². The highest BCUT2D eigenvalue weighted by atomic mass is 32.2. The van der Waals surface area contributed by atoms with E-state index in [1.165, 1.54) is 0 Å². The molecule has 2 aliphatic rings. The second kappa shape index (κ2) is 7.98. The molecule has 0 unspecified atom stereocenters. The lowest BCUT2D eigenvalue weighted by atomic mass is 9.89. The van der Waals surface area contributed by atoms with E-state index in [0.29, 0.717) is 52.2 Å². The third-order valence-electron chi connectivity index (χ3n) is 4.57. The van der Waals surface area contributed by atoms with E-state index < -0.39 is 15.6 Å². The zero-order chi connectivity index (χ0) is 18.7. The van der Waals surface area contributed by atoms with Crippen LogP contribution in [-0.4, -0.2) is 107 Å². The summed E-state index contributed by atoms with van der Waals surface area (Å²) in [6, 6.07) is 0. The molecule has 2 aliphatic heterocycles. The van der Waals surface area contributed by atoms with Gasteiger partial charge in [0.05, 0.1) is 31.6 Å². The minimum atomic E-state index is -3.38. The molecule has 0 aliphatic carbocycles. The number of nitrogens with one attached hydrogen (secondary N) is 1. The Morgan fingerprint density at radius 1 is 1.12 bits per heavy atom. The Bertz CT molecular complexity index is 599. The predicted molar refractivity (Wildman–Crippen MR) is 92.5 cm³/mol. The summed E-state index contributed by atoms with van der Waals surface area (Å²) < 4.78 is 30.4. The molecule has 2 saturated heterocycles. The summed E-state index contributed by atoms with van der Waals surface area (Å²) in [7, 11) is 0.346. The molecule has 1 spiro atoms. The summed E-state index contributed by atoms with van der Waals surface area (Å²) in [6.07, 6.45) is 2.31. The number of hydrogen-bond acceptors (Lipinski definition) is 6. The zero-order valence-corrected chi connectivity index (χ0v) is 16.0. The molecule has 144 valence electrons. The number of ether oxygens (including phenoxy) is 1. The summed E-state index contributed by atoms with van der Waals surface area (Å²) in [5.74, 6) is -0.153. The number of amides is 2. The Kier molecular flexibility index (Phi) is 6.41. The summed E-state index contributed by atoms with van der Waals surface area (Å²) >= 11 is 0. The summed E-state index contributed by atoms with van der Waals surface area (Å²) in [4.78, 5) is 29.7. The smallest absolute Gasteiger partial charge is 0.237 e. The van der Waals surface area contributed by atoms with Gasteiger partial charge in [0.2, 0.25) is 21.8 Å². The Hall–Kier alpha value is -1.23. The average Bonchev–Trinajstić information content (AvgIpc) is 2.52. The molecule has 0 saturated carbocycles. The lowest BCUT2D eigenvalue weighted by Gasteiger charge is -2.47. The topological polar surface area (TPSA) is 99.3 Å². The van der Waals surface area contributed by atoms with Gasteiger partial charge in [-0.2, -0.15) is 0 Å². The maximum absolute atomic E-state index is 12.3. The molecule has 2 amide bonds. The Morgan fingerprint density at radius 2 is 1.76 bits per heavy atom. The van der Waals surface area contributed by atoms with Gasteiger partial charge in [0, 0.05) is 26.2 Å². The molecule has 25 heavy (non-hydrogen) atoms. The monoisotopic (exact) mass is 376 g/mol. The largest absolute Gasteiger partial charge is 0.371 e. The maximum atomic E-state index is 12.3. The van der Waals surface area contributed by atoms with Gasteiger partial charge < -0.3 is 19.4 Å². The van der Waals surface area contributed by atoms with E-state index >= 15 is 0 Å². The van der Waals surface area contributed by atoms with Crippen molar-refractivity contribution in [2.24, 2.45) is 0 Å².